The Hall–Kier alpha value is -2.55. The molecule has 6 heteroatoms. The number of urea groups is 1. The molecular formula is C19H26N4O2. The van der Waals surface area contributed by atoms with Crippen LogP contribution in [0.3, 0.4) is 0 Å². The normalized spacial score (nSPS) is 14.5. The molecule has 25 heavy (non-hydrogen) atoms. The summed E-state index contributed by atoms with van der Waals surface area (Å²) in [7, 11) is 0. The van der Waals surface area contributed by atoms with Crippen LogP contribution >= 0.6 is 0 Å². The summed E-state index contributed by atoms with van der Waals surface area (Å²) in [6.07, 6.45) is 2.62. The standard InChI is InChI=1S/C19H26N4O2/c1-13(2)21-19(25)22-17-9-7-16(8-10-17)18(24)23(12-4-11-20)14(3)15-5-6-15/h7-10,13-15H,4-6,12H2,1-3H3,(H2,21,22,25). The maximum atomic E-state index is 12.8. The number of nitriles is 1. The van der Waals surface area contributed by atoms with Crippen molar-refractivity contribution in [3.8, 4) is 6.07 Å². The smallest absolute Gasteiger partial charge is 0.319 e. The number of amides is 3. The van der Waals surface area contributed by atoms with Gasteiger partial charge in [-0.3, -0.25) is 4.79 Å². The van der Waals surface area contributed by atoms with E-state index < -0.39 is 0 Å². The summed E-state index contributed by atoms with van der Waals surface area (Å²) in [6, 6.07) is 8.92. The van der Waals surface area contributed by atoms with Crippen LogP contribution in [0.5, 0.6) is 0 Å². The average Bonchev–Trinajstić information content (AvgIpc) is 3.39. The van der Waals surface area contributed by atoms with Crippen LogP contribution < -0.4 is 10.6 Å². The minimum Gasteiger partial charge on any atom is -0.336 e. The number of hydrogen-bond donors (Lipinski definition) is 2. The molecule has 1 aromatic rings. The van der Waals surface area contributed by atoms with E-state index in [-0.39, 0.29) is 24.0 Å². The van der Waals surface area contributed by atoms with E-state index in [1.807, 2.05) is 13.8 Å². The first-order valence-electron chi connectivity index (χ1n) is 8.78. The lowest BCUT2D eigenvalue weighted by Crippen LogP contribution is -2.40. The highest BCUT2D eigenvalue weighted by atomic mass is 16.2. The largest absolute Gasteiger partial charge is 0.336 e. The highest BCUT2D eigenvalue weighted by molar-refractivity contribution is 5.95. The lowest BCUT2D eigenvalue weighted by atomic mass is 10.1. The van der Waals surface area contributed by atoms with Crippen molar-refractivity contribution in [3.05, 3.63) is 29.8 Å². The van der Waals surface area contributed by atoms with Gasteiger partial charge in [-0.2, -0.15) is 5.26 Å². The first-order chi connectivity index (χ1) is 11.9. The Labute approximate surface area is 149 Å². The molecule has 0 spiro atoms. The van der Waals surface area contributed by atoms with E-state index in [9.17, 15) is 9.59 Å². The van der Waals surface area contributed by atoms with Crippen molar-refractivity contribution in [1.29, 1.82) is 5.26 Å². The Morgan fingerprint density at radius 3 is 2.40 bits per heavy atom. The summed E-state index contributed by atoms with van der Waals surface area (Å²) in [5.74, 6) is 0.483. The number of anilines is 1. The van der Waals surface area contributed by atoms with E-state index in [1.165, 1.54) is 0 Å². The summed E-state index contributed by atoms with van der Waals surface area (Å²) in [5, 5.41) is 14.3. The molecule has 2 rings (SSSR count). The first-order valence-corrected chi connectivity index (χ1v) is 8.78. The van der Waals surface area contributed by atoms with Crippen LogP contribution in [0.2, 0.25) is 0 Å². The van der Waals surface area contributed by atoms with Crippen molar-refractivity contribution < 1.29 is 9.59 Å². The number of nitrogens with one attached hydrogen (secondary N) is 2. The Kier molecular flexibility index (Phi) is 6.40. The molecule has 2 N–H and O–H groups in total. The molecular weight excluding hydrogens is 316 g/mol. The highest BCUT2D eigenvalue weighted by Crippen LogP contribution is 2.35. The van der Waals surface area contributed by atoms with Crippen LogP contribution in [-0.4, -0.2) is 35.5 Å². The quantitative estimate of drug-likeness (QED) is 0.796. The number of benzene rings is 1. The molecule has 0 saturated heterocycles. The Balaban J connectivity index is 2.04. The van der Waals surface area contributed by atoms with Gasteiger partial charge in [0.25, 0.3) is 5.91 Å². The van der Waals surface area contributed by atoms with Gasteiger partial charge in [-0.25, -0.2) is 4.79 Å². The maximum Gasteiger partial charge on any atom is 0.319 e. The lowest BCUT2D eigenvalue weighted by molar-refractivity contribution is 0.0677. The van der Waals surface area contributed by atoms with E-state index >= 15 is 0 Å². The maximum absolute atomic E-state index is 12.8. The highest BCUT2D eigenvalue weighted by Gasteiger charge is 2.34. The third-order valence-electron chi connectivity index (χ3n) is 4.33. The zero-order valence-corrected chi connectivity index (χ0v) is 15.1. The summed E-state index contributed by atoms with van der Waals surface area (Å²) in [5.41, 5.74) is 1.20. The van der Waals surface area contributed by atoms with Crippen molar-refractivity contribution in [2.45, 2.75) is 52.1 Å². The molecule has 0 aromatic heterocycles. The van der Waals surface area contributed by atoms with Crippen LogP contribution in [0, 0.1) is 17.2 Å². The van der Waals surface area contributed by atoms with Crippen molar-refractivity contribution >= 4 is 17.6 Å². The van der Waals surface area contributed by atoms with Crippen molar-refractivity contribution in [2.24, 2.45) is 5.92 Å². The number of hydrogen-bond acceptors (Lipinski definition) is 3. The van der Waals surface area contributed by atoms with Gasteiger partial charge in [0.15, 0.2) is 0 Å². The third-order valence-corrected chi connectivity index (χ3v) is 4.33. The minimum absolute atomic E-state index is 0.0541. The van der Waals surface area contributed by atoms with Crippen LogP contribution in [0.4, 0.5) is 10.5 Å². The molecule has 0 bridgehead atoms. The van der Waals surface area contributed by atoms with E-state index in [1.54, 1.807) is 29.2 Å². The van der Waals surface area contributed by atoms with Crippen LogP contribution in [0.15, 0.2) is 24.3 Å². The van der Waals surface area contributed by atoms with Gasteiger partial charge in [0.1, 0.15) is 0 Å². The molecule has 1 saturated carbocycles. The molecule has 6 nitrogen and oxygen atoms in total. The Morgan fingerprint density at radius 1 is 1.24 bits per heavy atom. The van der Waals surface area contributed by atoms with Gasteiger partial charge in [0.05, 0.1) is 12.5 Å². The second kappa shape index (κ2) is 8.52. The molecule has 1 atom stereocenters. The third kappa shape index (κ3) is 5.49. The molecule has 0 radical (unpaired) electrons. The summed E-state index contributed by atoms with van der Waals surface area (Å²) < 4.78 is 0. The zero-order valence-electron chi connectivity index (χ0n) is 15.1. The second-order valence-corrected chi connectivity index (χ2v) is 6.82. The molecule has 0 aliphatic heterocycles. The fourth-order valence-corrected chi connectivity index (χ4v) is 2.79. The van der Waals surface area contributed by atoms with Gasteiger partial charge >= 0.3 is 6.03 Å². The van der Waals surface area contributed by atoms with Gasteiger partial charge in [-0.1, -0.05) is 0 Å². The number of carbonyl (C=O) groups is 2. The van der Waals surface area contributed by atoms with E-state index in [4.69, 9.17) is 5.26 Å². The van der Waals surface area contributed by atoms with Crippen molar-refractivity contribution in [1.82, 2.24) is 10.2 Å². The minimum atomic E-state index is -0.271. The predicted octanol–water partition coefficient (Wildman–Crippen LogP) is 3.37. The number of rotatable bonds is 7. The predicted molar refractivity (Wildman–Crippen MR) is 97.2 cm³/mol. The molecule has 1 aliphatic rings. The monoisotopic (exact) mass is 342 g/mol. The SMILES string of the molecule is CC(C)NC(=O)Nc1ccc(C(=O)N(CCC#N)C(C)C2CC2)cc1. The average molecular weight is 342 g/mol. The molecule has 1 aromatic carbocycles. The fraction of sp³-hybridized carbons (Fsp3) is 0.526. The van der Waals surface area contributed by atoms with Crippen LogP contribution in [0.1, 0.15) is 50.4 Å². The molecule has 134 valence electrons. The molecule has 1 aliphatic carbocycles. The van der Waals surface area contributed by atoms with E-state index in [0.717, 1.165) is 12.8 Å². The van der Waals surface area contributed by atoms with Gasteiger partial charge in [0.2, 0.25) is 0 Å². The Bertz CT molecular complexity index is 644. The summed E-state index contributed by atoms with van der Waals surface area (Å²) in [4.78, 5) is 26.3. The van der Waals surface area contributed by atoms with Gasteiger partial charge in [0, 0.05) is 29.9 Å². The van der Waals surface area contributed by atoms with E-state index in [0.29, 0.717) is 30.1 Å². The number of nitrogens with zero attached hydrogens (tertiary/aromatic N) is 2. The lowest BCUT2D eigenvalue weighted by Gasteiger charge is -2.29. The molecule has 3 amide bonds. The summed E-state index contributed by atoms with van der Waals surface area (Å²) in [6.45, 7) is 6.28. The molecule has 0 heterocycles. The first kappa shape index (κ1) is 18.8. The fourth-order valence-electron chi connectivity index (χ4n) is 2.79. The Morgan fingerprint density at radius 2 is 1.88 bits per heavy atom. The zero-order chi connectivity index (χ0) is 18.4. The van der Waals surface area contributed by atoms with Crippen LogP contribution in [0.25, 0.3) is 0 Å². The molecule has 1 fully saturated rings. The molecule has 1 unspecified atom stereocenters. The van der Waals surface area contributed by atoms with E-state index in [2.05, 4.69) is 23.6 Å². The number of carbonyl (C=O) groups excluding carboxylic acids is 2. The van der Waals surface area contributed by atoms with Gasteiger partial charge < -0.3 is 15.5 Å². The summed E-state index contributed by atoms with van der Waals surface area (Å²) >= 11 is 0. The topological polar surface area (TPSA) is 85.2 Å². The van der Waals surface area contributed by atoms with Gasteiger partial charge in [-0.05, 0) is 63.8 Å². The second-order valence-electron chi connectivity index (χ2n) is 6.82. The van der Waals surface area contributed by atoms with Crippen LogP contribution in [-0.2, 0) is 0 Å². The van der Waals surface area contributed by atoms with Crippen molar-refractivity contribution in [2.75, 3.05) is 11.9 Å². The van der Waals surface area contributed by atoms with Crippen molar-refractivity contribution in [3.63, 3.8) is 0 Å². The van der Waals surface area contributed by atoms with Gasteiger partial charge in [-0.15, -0.1) is 0 Å².